The molecule has 0 saturated carbocycles. The van der Waals surface area contributed by atoms with E-state index in [1.165, 1.54) is 47.2 Å². The minimum absolute atomic E-state index is 0.0547. The third-order valence-corrected chi connectivity index (χ3v) is 18.7. The highest BCUT2D eigenvalue weighted by molar-refractivity contribution is 7.88. The summed E-state index contributed by atoms with van der Waals surface area (Å²) in [6.45, 7) is 34.0. The predicted molar refractivity (Wildman–Crippen MR) is 353 cm³/mol. The zero-order chi connectivity index (χ0) is 65.5. The van der Waals surface area contributed by atoms with E-state index < -0.39 is 21.8 Å². The molecule has 0 radical (unpaired) electrons. The van der Waals surface area contributed by atoms with Crippen molar-refractivity contribution < 1.29 is 40.0 Å². The molecule has 0 N–H and O–H groups in total. The molecule has 89 heavy (non-hydrogen) atoms. The van der Waals surface area contributed by atoms with Crippen LogP contribution in [0.5, 0.6) is 0 Å². The van der Waals surface area contributed by atoms with Gasteiger partial charge in [-0.2, -0.15) is 17.5 Å². The van der Waals surface area contributed by atoms with Crippen LogP contribution in [0.15, 0.2) is 168 Å². The topological polar surface area (TPSA) is 87.7 Å². The Morgan fingerprint density at radius 2 is 0.674 bits per heavy atom. The number of sulfonamides is 1. The largest absolute Gasteiger partial charge is 0.416 e. The minimum atomic E-state index is -4.33. The third kappa shape index (κ3) is 21.7. The third-order valence-electron chi connectivity index (χ3n) is 17.4. The molecule has 3 unspecified atom stereocenters. The smallest absolute Gasteiger partial charge is 0.336 e. The summed E-state index contributed by atoms with van der Waals surface area (Å²) in [6, 6.07) is 38.6. The van der Waals surface area contributed by atoms with Gasteiger partial charge in [0, 0.05) is 108 Å². The lowest BCUT2D eigenvalue weighted by Crippen LogP contribution is -2.52. The Balaban J connectivity index is 0.000000214. The van der Waals surface area contributed by atoms with Crippen LogP contribution in [0.2, 0.25) is 0 Å². The molecular formula is C73H97F5N6O4S. The molecule has 3 atom stereocenters. The Bertz CT molecular complexity index is 3240. The van der Waals surface area contributed by atoms with Crippen molar-refractivity contribution >= 4 is 21.8 Å². The van der Waals surface area contributed by atoms with Crippen LogP contribution >= 0.6 is 0 Å². The number of rotatable bonds is 18. The number of hydrogen-bond donors (Lipinski definition) is 0. The molecule has 0 aliphatic carbocycles. The molecular weight excluding hydrogens is 1150 g/mol. The summed E-state index contributed by atoms with van der Waals surface area (Å²) in [5, 5.41) is 0. The fourth-order valence-electron chi connectivity index (χ4n) is 12.3. The first kappa shape index (κ1) is 71.8. The van der Waals surface area contributed by atoms with Crippen molar-refractivity contribution in [2.45, 2.75) is 143 Å². The van der Waals surface area contributed by atoms with Gasteiger partial charge in [-0.15, -0.1) is 0 Å². The van der Waals surface area contributed by atoms with E-state index >= 15 is 0 Å². The van der Waals surface area contributed by atoms with Crippen molar-refractivity contribution in [3.63, 3.8) is 0 Å². The van der Waals surface area contributed by atoms with Crippen molar-refractivity contribution in [2.24, 2.45) is 0 Å². The number of piperazine rings is 3. The summed E-state index contributed by atoms with van der Waals surface area (Å²) >= 11 is 0. The van der Waals surface area contributed by atoms with E-state index in [1.54, 1.807) is 28.6 Å². The van der Waals surface area contributed by atoms with Gasteiger partial charge in [-0.25, -0.2) is 17.2 Å². The van der Waals surface area contributed by atoms with Crippen molar-refractivity contribution in [1.82, 2.24) is 28.8 Å². The summed E-state index contributed by atoms with van der Waals surface area (Å²) < 4.78 is 90.6. The van der Waals surface area contributed by atoms with Crippen molar-refractivity contribution in [3.05, 3.63) is 213 Å². The Hall–Kier alpha value is -6.30. The van der Waals surface area contributed by atoms with Crippen LogP contribution in [0.1, 0.15) is 145 Å². The van der Waals surface area contributed by atoms with Crippen LogP contribution in [0.25, 0.3) is 0 Å². The molecule has 10 nitrogen and oxygen atoms in total. The van der Waals surface area contributed by atoms with Gasteiger partial charge in [-0.05, 0) is 154 Å². The zero-order valence-corrected chi connectivity index (χ0v) is 55.7. The monoisotopic (exact) mass is 1250 g/mol. The quantitative estimate of drug-likeness (QED) is 0.0638. The minimum Gasteiger partial charge on any atom is -0.336 e. The summed E-state index contributed by atoms with van der Waals surface area (Å²) in [5.74, 6) is -0.253. The molecule has 8 rings (SSSR count). The summed E-state index contributed by atoms with van der Waals surface area (Å²) in [4.78, 5) is 36.6. The highest BCUT2D eigenvalue weighted by Gasteiger charge is 2.36. The van der Waals surface area contributed by atoms with Crippen molar-refractivity contribution in [2.75, 3.05) is 84.8 Å². The molecule has 2 amide bonds. The molecule has 5 aromatic carbocycles. The Kier molecular flexibility index (Phi) is 25.5. The van der Waals surface area contributed by atoms with Crippen LogP contribution in [0, 0.1) is 11.6 Å². The Morgan fingerprint density at radius 1 is 0.416 bits per heavy atom. The van der Waals surface area contributed by atoms with Gasteiger partial charge in [-0.1, -0.05) is 149 Å². The molecule has 0 aromatic heterocycles. The number of amides is 2. The van der Waals surface area contributed by atoms with E-state index in [9.17, 15) is 40.0 Å². The maximum Gasteiger partial charge on any atom is 0.416 e. The maximum atomic E-state index is 13.4. The normalized spacial score (nSPS) is 17.0. The SMILES string of the molecule is CC(C)=CC(CC(C)(C)c1ccc(C(F)(F)F)cc1)N1CCN(C(=O)c2ccccc2)CC1.CC(C)=CC(CC(C)(C)c1ccc(F)cc1)N1CCN(C(=O)c2ccccc2)CC1.CC(C)=CC(CC(C)(C)c1ccc(F)cc1)N1CCN(S(C)(=O)=O)CC1. The van der Waals surface area contributed by atoms with E-state index in [0.29, 0.717) is 31.7 Å². The first-order valence-electron chi connectivity index (χ1n) is 31.2. The lowest BCUT2D eigenvalue weighted by molar-refractivity contribution is -0.137. The van der Waals surface area contributed by atoms with Crippen LogP contribution in [-0.2, 0) is 32.4 Å². The lowest BCUT2D eigenvalue weighted by atomic mass is 9.78. The number of nitrogens with zero attached hydrogens (tertiary/aromatic N) is 6. The highest BCUT2D eigenvalue weighted by atomic mass is 32.2. The number of alkyl halides is 3. The van der Waals surface area contributed by atoms with E-state index in [4.69, 9.17) is 0 Å². The average molecular weight is 1250 g/mol. The Labute approximate surface area is 529 Å². The van der Waals surface area contributed by atoms with Gasteiger partial charge in [0.15, 0.2) is 0 Å². The van der Waals surface area contributed by atoms with Gasteiger partial charge in [0.05, 0.1) is 11.8 Å². The van der Waals surface area contributed by atoms with Gasteiger partial charge in [-0.3, -0.25) is 24.3 Å². The van der Waals surface area contributed by atoms with Gasteiger partial charge in [0.2, 0.25) is 10.0 Å². The lowest BCUT2D eigenvalue weighted by Gasteiger charge is -2.41. The van der Waals surface area contributed by atoms with Gasteiger partial charge < -0.3 is 9.80 Å². The molecule has 3 heterocycles. The average Bonchev–Trinajstić information content (AvgIpc) is 2.39. The van der Waals surface area contributed by atoms with E-state index in [2.05, 4.69) is 116 Å². The van der Waals surface area contributed by atoms with E-state index in [0.717, 1.165) is 93.9 Å². The van der Waals surface area contributed by atoms with Crippen LogP contribution in [0.4, 0.5) is 22.0 Å². The second-order valence-corrected chi connectivity index (χ2v) is 28.9. The number of hydrogen-bond acceptors (Lipinski definition) is 7. The number of carbonyl (C=O) groups is 2. The fourth-order valence-corrected chi connectivity index (χ4v) is 13.1. The Morgan fingerprint density at radius 3 is 0.933 bits per heavy atom. The molecule has 3 fully saturated rings. The fraction of sp³-hybridized carbons (Fsp3) is 0.479. The summed E-state index contributed by atoms with van der Waals surface area (Å²) in [6.07, 6.45) is 6.38. The summed E-state index contributed by atoms with van der Waals surface area (Å²) in [5.41, 5.74) is 7.22. The van der Waals surface area contributed by atoms with E-state index in [1.807, 2.05) is 94.7 Å². The van der Waals surface area contributed by atoms with Crippen molar-refractivity contribution in [3.8, 4) is 0 Å². The highest BCUT2D eigenvalue weighted by Crippen LogP contribution is 2.36. The first-order chi connectivity index (χ1) is 41.7. The number of allylic oxidation sites excluding steroid dienone is 3. The number of carbonyl (C=O) groups excluding carboxylic acids is 2. The van der Waals surface area contributed by atoms with Gasteiger partial charge in [0.1, 0.15) is 11.6 Å². The van der Waals surface area contributed by atoms with Gasteiger partial charge in [0.25, 0.3) is 11.8 Å². The van der Waals surface area contributed by atoms with Gasteiger partial charge >= 0.3 is 6.18 Å². The second kappa shape index (κ2) is 31.6. The molecule has 3 aliphatic rings. The van der Waals surface area contributed by atoms with Crippen LogP contribution in [-0.4, -0.2) is 152 Å². The molecule has 0 bridgehead atoms. The van der Waals surface area contributed by atoms with Crippen LogP contribution in [0.3, 0.4) is 0 Å². The standard InChI is InChI=1S/C27H33F3N2O.C26H33FN2O.C20H31FN2O2S/c1-20(2)18-24(19-26(3,4)22-10-12-23(13-11-22)27(28,29)30)31-14-16-32(17-15-31)25(33)21-8-6-5-7-9-21;1-20(2)18-24(19-26(3,4)22-10-12-23(27)13-11-22)28-14-16-29(17-15-28)25(30)21-8-6-5-7-9-21;1-16(2)14-19(22-10-12-23(13-11-22)26(5,24)25)15-20(3,4)17-6-8-18(21)9-7-17/h5-13,18,24H,14-17,19H2,1-4H3;5-13,18,24H,14-17,19H2,1-4H3;6-9,14,19H,10-13,15H2,1-5H3. The molecule has 3 saturated heterocycles. The van der Waals surface area contributed by atoms with Crippen molar-refractivity contribution in [1.29, 1.82) is 0 Å². The first-order valence-corrected chi connectivity index (χ1v) is 33.1. The maximum absolute atomic E-state index is 13.4. The summed E-state index contributed by atoms with van der Waals surface area (Å²) in [7, 11) is -3.12. The molecule has 484 valence electrons. The molecule has 0 spiro atoms. The predicted octanol–water partition coefficient (Wildman–Crippen LogP) is 14.9. The molecule has 5 aromatic rings. The zero-order valence-electron chi connectivity index (χ0n) is 54.9. The number of benzene rings is 5. The van der Waals surface area contributed by atoms with Crippen LogP contribution < -0.4 is 0 Å². The second-order valence-electron chi connectivity index (χ2n) is 26.9. The number of halogens is 5. The van der Waals surface area contributed by atoms with E-state index in [-0.39, 0.29) is 57.8 Å². The molecule has 3 aliphatic heterocycles. The molecule has 16 heteroatoms.